The van der Waals surface area contributed by atoms with Crippen molar-refractivity contribution < 1.29 is 14.3 Å². The van der Waals surface area contributed by atoms with Crippen LogP contribution >= 0.6 is 34.4 Å². The van der Waals surface area contributed by atoms with Gasteiger partial charge in [-0.3, -0.25) is 4.79 Å². The van der Waals surface area contributed by atoms with E-state index in [1.165, 1.54) is 34.4 Å². The zero-order chi connectivity index (χ0) is 23.2. The van der Waals surface area contributed by atoms with E-state index in [1.54, 1.807) is 6.92 Å². The number of thioether (sulfide) groups is 1. The van der Waals surface area contributed by atoms with Crippen LogP contribution in [0.3, 0.4) is 0 Å². The summed E-state index contributed by atoms with van der Waals surface area (Å²) in [6.45, 7) is 4.72. The molecule has 1 N–H and O–H groups in total. The van der Waals surface area contributed by atoms with E-state index in [0.717, 1.165) is 21.8 Å². The zero-order valence-electron chi connectivity index (χ0n) is 18.1. The van der Waals surface area contributed by atoms with Crippen molar-refractivity contribution in [3.63, 3.8) is 0 Å². The lowest BCUT2D eigenvalue weighted by Crippen LogP contribution is -2.16. The van der Waals surface area contributed by atoms with Crippen molar-refractivity contribution in [3.05, 3.63) is 58.8 Å². The average Bonchev–Trinajstić information content (AvgIpc) is 3.57. The Hall–Kier alpha value is -2.95. The lowest BCUT2D eigenvalue weighted by Gasteiger charge is -2.09. The molecule has 170 valence electrons. The van der Waals surface area contributed by atoms with Gasteiger partial charge in [-0.1, -0.05) is 48.2 Å². The molecule has 0 aliphatic heterocycles. The van der Waals surface area contributed by atoms with Gasteiger partial charge in [0.25, 0.3) is 0 Å². The number of rotatable bonds is 9. The molecule has 0 bridgehead atoms. The highest BCUT2D eigenvalue weighted by Gasteiger charge is 2.23. The molecule has 4 rings (SSSR count). The molecule has 0 aliphatic rings. The Kier molecular flexibility index (Phi) is 7.58. The minimum atomic E-state index is -0.441. The van der Waals surface area contributed by atoms with E-state index in [0.29, 0.717) is 22.3 Å². The van der Waals surface area contributed by atoms with Crippen LogP contribution in [-0.2, 0) is 16.1 Å². The van der Waals surface area contributed by atoms with Crippen molar-refractivity contribution in [2.45, 2.75) is 25.5 Å². The van der Waals surface area contributed by atoms with E-state index in [4.69, 9.17) is 4.74 Å². The van der Waals surface area contributed by atoms with E-state index in [2.05, 4.69) is 15.5 Å². The second-order valence-electron chi connectivity index (χ2n) is 6.80. The smallest absolute Gasteiger partial charge is 0.341 e. The topological polar surface area (TPSA) is 86.1 Å². The fraction of sp³-hybridized carbons (Fsp3) is 0.217. The first-order valence-electron chi connectivity index (χ1n) is 10.4. The van der Waals surface area contributed by atoms with Crippen LogP contribution in [-0.4, -0.2) is 39.0 Å². The second-order valence-corrected chi connectivity index (χ2v) is 9.57. The van der Waals surface area contributed by atoms with Crippen LogP contribution in [0, 0.1) is 0 Å². The Balaban J connectivity index is 1.49. The third-order valence-electron chi connectivity index (χ3n) is 4.71. The summed E-state index contributed by atoms with van der Waals surface area (Å²) in [5, 5.41) is 16.5. The molecule has 3 aromatic heterocycles. The number of carbonyl (C=O) groups is 2. The molecule has 1 aromatic carbocycles. The van der Waals surface area contributed by atoms with Crippen molar-refractivity contribution >= 4 is 51.3 Å². The standard InChI is InChI=1S/C23H22N4O3S3/c1-3-27-20(15-9-6-5-7-10-15)25-26-23(27)33-14-18(28)24-21-19(22(29)30-4-2)16(13-32-21)17-11-8-12-31-17/h5-13H,3-4,14H2,1-2H3,(H,24,28). The number of hydrogen-bond donors (Lipinski definition) is 1. The highest BCUT2D eigenvalue weighted by molar-refractivity contribution is 7.99. The normalized spacial score (nSPS) is 10.8. The molecule has 33 heavy (non-hydrogen) atoms. The summed E-state index contributed by atoms with van der Waals surface area (Å²) in [5.74, 6) is 0.242. The number of amides is 1. The summed E-state index contributed by atoms with van der Waals surface area (Å²) < 4.78 is 7.23. The molecule has 0 unspecified atom stereocenters. The van der Waals surface area contributed by atoms with Gasteiger partial charge in [-0.2, -0.15) is 0 Å². The molecule has 0 atom stereocenters. The van der Waals surface area contributed by atoms with Gasteiger partial charge in [0.05, 0.1) is 12.4 Å². The first-order chi connectivity index (χ1) is 16.1. The number of ether oxygens (including phenoxy) is 1. The van der Waals surface area contributed by atoms with E-state index in [-0.39, 0.29) is 18.3 Å². The number of aromatic nitrogens is 3. The molecule has 3 heterocycles. The Morgan fingerprint density at radius 2 is 1.91 bits per heavy atom. The molecular weight excluding hydrogens is 476 g/mol. The third-order valence-corrected chi connectivity index (χ3v) is 7.47. The fourth-order valence-corrected chi connectivity index (χ4v) is 5.83. The maximum Gasteiger partial charge on any atom is 0.341 e. The number of hydrogen-bond acceptors (Lipinski definition) is 8. The van der Waals surface area contributed by atoms with Gasteiger partial charge in [-0.05, 0) is 25.3 Å². The van der Waals surface area contributed by atoms with E-state index < -0.39 is 5.97 Å². The van der Waals surface area contributed by atoms with Crippen molar-refractivity contribution in [2.75, 3.05) is 17.7 Å². The molecule has 4 aromatic rings. The summed E-state index contributed by atoms with van der Waals surface area (Å²) in [6.07, 6.45) is 0. The molecule has 7 nitrogen and oxygen atoms in total. The van der Waals surface area contributed by atoms with E-state index in [1.807, 2.05) is 64.7 Å². The van der Waals surface area contributed by atoms with Crippen molar-refractivity contribution in [1.82, 2.24) is 14.8 Å². The summed E-state index contributed by atoms with van der Waals surface area (Å²) in [6, 6.07) is 13.7. The van der Waals surface area contributed by atoms with Crippen molar-refractivity contribution in [1.29, 1.82) is 0 Å². The van der Waals surface area contributed by atoms with Crippen molar-refractivity contribution in [2.24, 2.45) is 0 Å². The van der Waals surface area contributed by atoms with Crippen LogP contribution in [0.25, 0.3) is 21.8 Å². The maximum absolute atomic E-state index is 12.8. The number of benzene rings is 1. The number of esters is 1. The number of nitrogens with zero attached hydrogens (tertiary/aromatic N) is 3. The van der Waals surface area contributed by atoms with Gasteiger partial charge in [0, 0.05) is 27.9 Å². The SMILES string of the molecule is CCOC(=O)c1c(-c2cccs2)csc1NC(=O)CSc1nnc(-c2ccccc2)n1CC. The summed E-state index contributed by atoms with van der Waals surface area (Å²) in [5.41, 5.74) is 2.14. The van der Waals surface area contributed by atoms with Crippen LogP contribution in [0.4, 0.5) is 5.00 Å². The van der Waals surface area contributed by atoms with Crippen LogP contribution in [0.15, 0.2) is 58.4 Å². The predicted molar refractivity (Wildman–Crippen MR) is 134 cm³/mol. The van der Waals surface area contributed by atoms with Crippen LogP contribution < -0.4 is 5.32 Å². The molecule has 0 fully saturated rings. The Morgan fingerprint density at radius 1 is 1.09 bits per heavy atom. The minimum absolute atomic E-state index is 0.140. The van der Waals surface area contributed by atoms with Crippen LogP contribution in [0.5, 0.6) is 0 Å². The largest absolute Gasteiger partial charge is 0.462 e. The van der Waals surface area contributed by atoms with Gasteiger partial charge >= 0.3 is 5.97 Å². The zero-order valence-corrected chi connectivity index (χ0v) is 20.6. The summed E-state index contributed by atoms with van der Waals surface area (Å²) in [7, 11) is 0. The molecule has 1 amide bonds. The number of anilines is 1. The molecular formula is C23H22N4O3S3. The summed E-state index contributed by atoms with van der Waals surface area (Å²) >= 11 is 4.16. The van der Waals surface area contributed by atoms with Gasteiger partial charge in [-0.25, -0.2) is 4.79 Å². The maximum atomic E-state index is 12.8. The Morgan fingerprint density at radius 3 is 2.61 bits per heavy atom. The molecule has 0 saturated carbocycles. The molecule has 0 aliphatic carbocycles. The first kappa shape index (κ1) is 23.2. The number of thiophene rings is 2. The monoisotopic (exact) mass is 498 g/mol. The van der Waals surface area contributed by atoms with Gasteiger partial charge in [0.15, 0.2) is 11.0 Å². The minimum Gasteiger partial charge on any atom is -0.462 e. The summed E-state index contributed by atoms with van der Waals surface area (Å²) in [4.78, 5) is 26.3. The van der Waals surface area contributed by atoms with Crippen molar-refractivity contribution in [3.8, 4) is 21.8 Å². The lowest BCUT2D eigenvalue weighted by atomic mass is 10.1. The highest BCUT2D eigenvalue weighted by atomic mass is 32.2. The molecule has 10 heteroatoms. The van der Waals surface area contributed by atoms with E-state index >= 15 is 0 Å². The second kappa shape index (κ2) is 10.8. The van der Waals surface area contributed by atoms with Gasteiger partial charge in [0.2, 0.25) is 5.91 Å². The molecule has 0 radical (unpaired) electrons. The van der Waals surface area contributed by atoms with Gasteiger partial charge in [0.1, 0.15) is 10.6 Å². The third kappa shape index (κ3) is 5.18. The first-order valence-corrected chi connectivity index (χ1v) is 13.1. The molecule has 0 saturated heterocycles. The van der Waals surface area contributed by atoms with Crippen LogP contribution in [0.2, 0.25) is 0 Å². The lowest BCUT2D eigenvalue weighted by molar-refractivity contribution is -0.113. The Labute approximate surface area is 203 Å². The predicted octanol–water partition coefficient (Wildman–Crippen LogP) is 5.66. The number of carbonyl (C=O) groups excluding carboxylic acids is 2. The highest BCUT2D eigenvalue weighted by Crippen LogP contribution is 2.38. The number of nitrogens with one attached hydrogen (secondary N) is 1. The van der Waals surface area contributed by atoms with E-state index in [9.17, 15) is 9.59 Å². The van der Waals surface area contributed by atoms with Gasteiger partial charge < -0.3 is 14.6 Å². The Bertz CT molecular complexity index is 1230. The van der Waals surface area contributed by atoms with Gasteiger partial charge in [-0.15, -0.1) is 32.9 Å². The molecule has 0 spiro atoms. The fourth-order valence-electron chi connectivity index (χ4n) is 3.24. The average molecular weight is 499 g/mol. The quantitative estimate of drug-likeness (QED) is 0.237. The van der Waals surface area contributed by atoms with Crippen LogP contribution in [0.1, 0.15) is 24.2 Å².